The fourth-order valence-electron chi connectivity index (χ4n) is 2.65. The molecule has 2 aromatic carbocycles. The van der Waals surface area contributed by atoms with E-state index in [9.17, 15) is 14.0 Å². The molecule has 2 N–H and O–H groups in total. The second kappa shape index (κ2) is 10.6. The van der Waals surface area contributed by atoms with Gasteiger partial charge in [-0.25, -0.2) is 4.39 Å². The SMILES string of the molecule is CCCN(CC(=O)Nc1ccc(F)c(Cl)c1)CC(=O)Nc1ccccc1OC. The van der Waals surface area contributed by atoms with Gasteiger partial charge in [-0.15, -0.1) is 0 Å². The number of nitrogens with zero attached hydrogens (tertiary/aromatic N) is 1. The van der Waals surface area contributed by atoms with E-state index in [1.54, 1.807) is 23.1 Å². The number of benzene rings is 2. The van der Waals surface area contributed by atoms with Gasteiger partial charge in [-0.3, -0.25) is 14.5 Å². The summed E-state index contributed by atoms with van der Waals surface area (Å²) in [6, 6.07) is 11.0. The molecule has 0 aliphatic heterocycles. The molecule has 0 heterocycles. The fraction of sp³-hybridized carbons (Fsp3) is 0.300. The first-order valence-electron chi connectivity index (χ1n) is 8.83. The fourth-order valence-corrected chi connectivity index (χ4v) is 2.83. The van der Waals surface area contributed by atoms with Crippen LogP contribution in [0.3, 0.4) is 0 Å². The maximum absolute atomic E-state index is 13.2. The number of ether oxygens (including phenoxy) is 1. The third kappa shape index (κ3) is 6.51. The zero-order valence-corrected chi connectivity index (χ0v) is 16.6. The van der Waals surface area contributed by atoms with E-state index >= 15 is 0 Å². The molecule has 28 heavy (non-hydrogen) atoms. The van der Waals surface area contributed by atoms with Crippen LogP contribution in [-0.4, -0.2) is 43.5 Å². The normalized spacial score (nSPS) is 10.6. The van der Waals surface area contributed by atoms with Crippen LogP contribution < -0.4 is 15.4 Å². The summed E-state index contributed by atoms with van der Waals surface area (Å²) in [4.78, 5) is 26.4. The predicted octanol–water partition coefficient (Wildman–Crippen LogP) is 3.78. The van der Waals surface area contributed by atoms with Gasteiger partial charge in [0, 0.05) is 5.69 Å². The molecule has 150 valence electrons. The molecule has 0 bridgehead atoms. The number of carbonyl (C=O) groups excluding carboxylic acids is 2. The molecule has 0 fully saturated rings. The Bertz CT molecular complexity index is 832. The number of hydrogen-bond acceptors (Lipinski definition) is 4. The van der Waals surface area contributed by atoms with Crippen LogP contribution in [0.2, 0.25) is 5.02 Å². The first-order valence-corrected chi connectivity index (χ1v) is 9.20. The average Bonchev–Trinajstić information content (AvgIpc) is 2.65. The van der Waals surface area contributed by atoms with Gasteiger partial charge < -0.3 is 15.4 Å². The van der Waals surface area contributed by atoms with Crippen molar-refractivity contribution < 1.29 is 18.7 Å². The van der Waals surface area contributed by atoms with Gasteiger partial charge in [0.15, 0.2) is 0 Å². The van der Waals surface area contributed by atoms with E-state index < -0.39 is 5.82 Å². The quantitative estimate of drug-likeness (QED) is 0.663. The van der Waals surface area contributed by atoms with Crippen LogP contribution in [0.1, 0.15) is 13.3 Å². The largest absolute Gasteiger partial charge is 0.495 e. The highest BCUT2D eigenvalue weighted by atomic mass is 35.5. The molecule has 2 amide bonds. The van der Waals surface area contributed by atoms with Crippen LogP contribution >= 0.6 is 11.6 Å². The van der Waals surface area contributed by atoms with Crippen LogP contribution in [0.15, 0.2) is 42.5 Å². The molecular formula is C20H23ClFN3O3. The first-order chi connectivity index (χ1) is 13.4. The van der Waals surface area contributed by atoms with E-state index in [0.29, 0.717) is 23.7 Å². The zero-order valence-electron chi connectivity index (χ0n) is 15.8. The average molecular weight is 408 g/mol. The molecule has 6 nitrogen and oxygen atoms in total. The van der Waals surface area contributed by atoms with Crippen molar-refractivity contribution in [1.29, 1.82) is 0 Å². The molecule has 8 heteroatoms. The number of halogens is 2. The van der Waals surface area contributed by atoms with Crippen molar-refractivity contribution in [3.05, 3.63) is 53.3 Å². The van der Waals surface area contributed by atoms with Crippen LogP contribution in [0.25, 0.3) is 0 Å². The topological polar surface area (TPSA) is 70.7 Å². The summed E-state index contributed by atoms with van der Waals surface area (Å²) in [7, 11) is 1.53. The minimum atomic E-state index is -0.555. The lowest BCUT2D eigenvalue weighted by molar-refractivity contribution is -0.120. The highest BCUT2D eigenvalue weighted by Gasteiger charge is 2.16. The number of rotatable bonds is 9. The summed E-state index contributed by atoms with van der Waals surface area (Å²) >= 11 is 5.72. The summed E-state index contributed by atoms with van der Waals surface area (Å²) in [5.41, 5.74) is 0.961. The molecule has 0 radical (unpaired) electrons. The van der Waals surface area contributed by atoms with Gasteiger partial charge >= 0.3 is 0 Å². The minimum Gasteiger partial charge on any atom is -0.495 e. The number of para-hydroxylation sites is 2. The van der Waals surface area contributed by atoms with Crippen molar-refractivity contribution in [1.82, 2.24) is 4.90 Å². The predicted molar refractivity (Wildman–Crippen MR) is 108 cm³/mol. The van der Waals surface area contributed by atoms with Gasteiger partial charge in [0.05, 0.1) is 30.9 Å². The van der Waals surface area contributed by atoms with Crippen molar-refractivity contribution in [3.8, 4) is 5.75 Å². The Labute approximate surface area is 168 Å². The molecule has 2 rings (SSSR count). The third-order valence-electron chi connectivity index (χ3n) is 3.86. The first kappa shape index (κ1) is 21.7. The summed E-state index contributed by atoms with van der Waals surface area (Å²) in [6.45, 7) is 2.59. The summed E-state index contributed by atoms with van der Waals surface area (Å²) in [6.07, 6.45) is 0.775. The number of carbonyl (C=O) groups is 2. The van der Waals surface area contributed by atoms with Crippen LogP contribution in [0.5, 0.6) is 5.75 Å². The monoisotopic (exact) mass is 407 g/mol. The second-order valence-electron chi connectivity index (χ2n) is 6.14. The summed E-state index contributed by atoms with van der Waals surface area (Å²) in [5.74, 6) is -0.569. The Morgan fingerprint density at radius 3 is 2.43 bits per heavy atom. The Morgan fingerprint density at radius 1 is 1.11 bits per heavy atom. The number of nitrogens with one attached hydrogen (secondary N) is 2. The van der Waals surface area contributed by atoms with Gasteiger partial charge in [0.25, 0.3) is 0 Å². The molecule has 0 atom stereocenters. The van der Waals surface area contributed by atoms with E-state index in [-0.39, 0.29) is 29.9 Å². The van der Waals surface area contributed by atoms with E-state index in [0.717, 1.165) is 6.42 Å². The molecule has 2 aromatic rings. The van der Waals surface area contributed by atoms with Gasteiger partial charge in [0.1, 0.15) is 11.6 Å². The second-order valence-corrected chi connectivity index (χ2v) is 6.54. The van der Waals surface area contributed by atoms with Crippen molar-refractivity contribution >= 4 is 34.8 Å². The smallest absolute Gasteiger partial charge is 0.238 e. The molecule has 0 spiro atoms. The number of methoxy groups -OCH3 is 1. The Morgan fingerprint density at radius 2 is 1.79 bits per heavy atom. The minimum absolute atomic E-state index is 0.0161. The number of hydrogen-bond donors (Lipinski definition) is 2. The Balaban J connectivity index is 1.95. The molecule has 0 saturated carbocycles. The zero-order chi connectivity index (χ0) is 20.5. The third-order valence-corrected chi connectivity index (χ3v) is 4.15. The van der Waals surface area contributed by atoms with Crippen molar-refractivity contribution in [2.45, 2.75) is 13.3 Å². The molecular weight excluding hydrogens is 385 g/mol. The molecule has 0 unspecified atom stereocenters. The maximum Gasteiger partial charge on any atom is 0.238 e. The maximum atomic E-state index is 13.2. The van der Waals surface area contributed by atoms with Gasteiger partial charge in [-0.2, -0.15) is 0 Å². The lowest BCUT2D eigenvalue weighted by atomic mass is 10.3. The van der Waals surface area contributed by atoms with E-state index in [2.05, 4.69) is 10.6 Å². The van der Waals surface area contributed by atoms with Crippen LogP contribution in [0.4, 0.5) is 15.8 Å². The molecule has 0 aliphatic carbocycles. The molecule has 0 saturated heterocycles. The highest BCUT2D eigenvalue weighted by Crippen LogP contribution is 2.23. The lowest BCUT2D eigenvalue weighted by Gasteiger charge is -2.21. The van der Waals surface area contributed by atoms with E-state index in [1.165, 1.54) is 25.3 Å². The van der Waals surface area contributed by atoms with Gasteiger partial charge in [0.2, 0.25) is 11.8 Å². The van der Waals surface area contributed by atoms with Crippen molar-refractivity contribution in [3.63, 3.8) is 0 Å². The van der Waals surface area contributed by atoms with E-state index in [1.807, 2.05) is 13.0 Å². The molecule has 0 aromatic heterocycles. The highest BCUT2D eigenvalue weighted by molar-refractivity contribution is 6.31. The molecule has 0 aliphatic rings. The summed E-state index contributed by atoms with van der Waals surface area (Å²) in [5, 5.41) is 5.38. The van der Waals surface area contributed by atoms with E-state index in [4.69, 9.17) is 16.3 Å². The van der Waals surface area contributed by atoms with Crippen LogP contribution in [-0.2, 0) is 9.59 Å². The van der Waals surface area contributed by atoms with Crippen LogP contribution in [0, 0.1) is 5.82 Å². The summed E-state index contributed by atoms with van der Waals surface area (Å²) < 4.78 is 18.4. The van der Waals surface area contributed by atoms with Gasteiger partial charge in [-0.05, 0) is 43.3 Å². The Hall–Kier alpha value is -2.64. The van der Waals surface area contributed by atoms with Crippen molar-refractivity contribution in [2.75, 3.05) is 37.4 Å². The number of amides is 2. The van der Waals surface area contributed by atoms with Gasteiger partial charge in [-0.1, -0.05) is 30.7 Å². The lowest BCUT2D eigenvalue weighted by Crippen LogP contribution is -2.39. The Kier molecular flexibility index (Phi) is 8.22. The standard InChI is InChI=1S/C20H23ClFN3O3/c1-3-10-25(12-19(26)23-14-8-9-16(22)15(21)11-14)13-20(27)24-17-6-4-5-7-18(17)28-2/h4-9,11H,3,10,12-13H2,1-2H3,(H,23,26)(H,24,27). The van der Waals surface area contributed by atoms with Crippen molar-refractivity contribution in [2.24, 2.45) is 0 Å². The number of anilines is 2.